The van der Waals surface area contributed by atoms with Crippen LogP contribution >= 0.6 is 0 Å². The summed E-state index contributed by atoms with van der Waals surface area (Å²) in [6.07, 6.45) is 4.07. The number of hydrogen-bond acceptors (Lipinski definition) is 8. The first-order valence-corrected chi connectivity index (χ1v) is 13.0. The van der Waals surface area contributed by atoms with E-state index >= 15 is 0 Å². The Bertz CT molecular complexity index is 1300. The molecule has 4 aliphatic rings. The largest absolute Gasteiger partial charge is 0.461 e. The number of alkyl halides is 1. The van der Waals surface area contributed by atoms with E-state index < -0.39 is 11.8 Å². The van der Waals surface area contributed by atoms with Crippen LogP contribution in [0.5, 0.6) is 6.01 Å². The maximum absolute atomic E-state index is 14.2. The fraction of sp³-hybridized carbons (Fsp3) is 0.556. The minimum Gasteiger partial charge on any atom is -0.461 e. The van der Waals surface area contributed by atoms with Gasteiger partial charge in [-0.3, -0.25) is 9.69 Å². The second kappa shape index (κ2) is 8.92. The highest BCUT2D eigenvalue weighted by Gasteiger charge is 2.50. The van der Waals surface area contributed by atoms with Crippen LogP contribution in [0.25, 0.3) is 0 Å². The van der Waals surface area contributed by atoms with Gasteiger partial charge in [-0.25, -0.2) is 4.39 Å². The first-order chi connectivity index (χ1) is 17.9. The van der Waals surface area contributed by atoms with Gasteiger partial charge in [0.05, 0.1) is 23.4 Å². The van der Waals surface area contributed by atoms with Crippen molar-refractivity contribution in [3.05, 3.63) is 40.1 Å². The maximum atomic E-state index is 14.2. The summed E-state index contributed by atoms with van der Waals surface area (Å²) in [6, 6.07) is 6.24. The third-order valence-electron chi connectivity index (χ3n) is 8.79. The number of carbonyl (C=O) groups excluding carboxylic acids is 1. The van der Waals surface area contributed by atoms with Crippen LogP contribution in [0.15, 0.2) is 12.1 Å². The average molecular weight is 507 g/mol. The highest BCUT2D eigenvalue weighted by Crippen LogP contribution is 2.51. The molecule has 1 spiro atoms. The van der Waals surface area contributed by atoms with E-state index in [0.717, 1.165) is 36.9 Å². The summed E-state index contributed by atoms with van der Waals surface area (Å²) < 4.78 is 26.9. The second-order valence-electron chi connectivity index (χ2n) is 10.9. The van der Waals surface area contributed by atoms with Crippen molar-refractivity contribution in [1.82, 2.24) is 14.9 Å². The number of amides is 1. The normalized spacial score (nSPS) is 30.3. The minimum absolute atomic E-state index is 0.154. The van der Waals surface area contributed by atoms with Crippen LogP contribution in [0.2, 0.25) is 0 Å². The van der Waals surface area contributed by atoms with Crippen molar-refractivity contribution in [2.24, 2.45) is 0 Å². The summed E-state index contributed by atoms with van der Waals surface area (Å²) >= 11 is 0. The van der Waals surface area contributed by atoms with Crippen molar-refractivity contribution >= 4 is 17.9 Å². The van der Waals surface area contributed by atoms with Crippen LogP contribution in [0.4, 0.5) is 15.9 Å². The van der Waals surface area contributed by atoms with Gasteiger partial charge in [0.25, 0.3) is 0 Å². The molecule has 6 rings (SSSR count). The molecular formula is C27H31FN6O3. The number of anilines is 2. The molecule has 3 aliphatic heterocycles. The lowest BCUT2D eigenvalue weighted by Crippen LogP contribution is -2.44. The first kappa shape index (κ1) is 24.1. The number of hydrogen-bond donors (Lipinski definition) is 2. The molecule has 9 nitrogen and oxygen atoms in total. The first-order valence-electron chi connectivity index (χ1n) is 13.0. The highest BCUT2D eigenvalue weighted by atomic mass is 19.1. The molecule has 10 heteroatoms. The zero-order valence-electron chi connectivity index (χ0n) is 20.9. The van der Waals surface area contributed by atoms with E-state index in [1.165, 1.54) is 0 Å². The quantitative estimate of drug-likeness (QED) is 0.467. The van der Waals surface area contributed by atoms with E-state index in [0.29, 0.717) is 67.2 Å². The standard InChI is InChI=1S/C27H31FN6O3/c1-16-5-7-27(23-18(16)3-4-21(30)19(23)11-29)10-22-20(13-37-27)24(31-15-35)33-25(32-22)36-14-26-6-2-8-34(26)12-17(28)9-26/h3-4,15-17H,2,5-10,12-14,30H2,1H3,(H,31,32,33,35). The van der Waals surface area contributed by atoms with Crippen LogP contribution < -0.4 is 15.8 Å². The van der Waals surface area contributed by atoms with Gasteiger partial charge >= 0.3 is 6.01 Å². The number of rotatable bonds is 5. The molecule has 4 atom stereocenters. The van der Waals surface area contributed by atoms with Crippen LogP contribution in [-0.4, -0.2) is 52.7 Å². The van der Waals surface area contributed by atoms with Crippen LogP contribution in [0, 0.1) is 11.3 Å². The highest BCUT2D eigenvalue weighted by molar-refractivity contribution is 5.71. The molecule has 0 saturated carbocycles. The fourth-order valence-corrected chi connectivity index (χ4v) is 6.93. The van der Waals surface area contributed by atoms with Crippen molar-refractivity contribution < 1.29 is 18.7 Å². The Morgan fingerprint density at radius 1 is 1.41 bits per heavy atom. The van der Waals surface area contributed by atoms with Crippen molar-refractivity contribution in [3.63, 3.8) is 0 Å². The maximum Gasteiger partial charge on any atom is 0.318 e. The summed E-state index contributed by atoms with van der Waals surface area (Å²) in [5.74, 6) is 0.618. The van der Waals surface area contributed by atoms with Gasteiger partial charge in [0.15, 0.2) is 0 Å². The molecule has 37 heavy (non-hydrogen) atoms. The van der Waals surface area contributed by atoms with E-state index in [4.69, 9.17) is 20.2 Å². The van der Waals surface area contributed by atoms with Gasteiger partial charge in [0, 0.05) is 36.2 Å². The third kappa shape index (κ3) is 3.83. The van der Waals surface area contributed by atoms with Crippen molar-refractivity contribution in [2.75, 3.05) is 30.7 Å². The van der Waals surface area contributed by atoms with Gasteiger partial charge in [-0.2, -0.15) is 15.2 Å². The lowest BCUT2D eigenvalue weighted by atomic mass is 9.69. The van der Waals surface area contributed by atoms with Gasteiger partial charge < -0.3 is 20.5 Å². The third-order valence-corrected chi connectivity index (χ3v) is 8.79. The van der Waals surface area contributed by atoms with E-state index in [1.807, 2.05) is 6.07 Å². The predicted molar refractivity (Wildman–Crippen MR) is 134 cm³/mol. The Labute approximate surface area is 215 Å². The van der Waals surface area contributed by atoms with Gasteiger partial charge in [-0.05, 0) is 49.8 Å². The van der Waals surface area contributed by atoms with Crippen molar-refractivity contribution in [3.8, 4) is 12.1 Å². The molecule has 1 aliphatic carbocycles. The minimum atomic E-state index is -0.854. The van der Waals surface area contributed by atoms with E-state index in [9.17, 15) is 14.4 Å². The summed E-state index contributed by atoms with van der Waals surface area (Å²) in [4.78, 5) is 22.8. The molecule has 3 N–H and O–H groups in total. The molecule has 194 valence electrons. The number of ether oxygens (including phenoxy) is 2. The smallest absolute Gasteiger partial charge is 0.318 e. The second-order valence-corrected chi connectivity index (χ2v) is 10.9. The Kier molecular flexibility index (Phi) is 5.81. The molecule has 0 bridgehead atoms. The monoisotopic (exact) mass is 506 g/mol. The molecule has 1 aromatic carbocycles. The zero-order chi connectivity index (χ0) is 25.8. The Morgan fingerprint density at radius 2 is 2.27 bits per heavy atom. The van der Waals surface area contributed by atoms with Gasteiger partial charge in [0.1, 0.15) is 30.3 Å². The van der Waals surface area contributed by atoms with Crippen LogP contribution in [0.1, 0.15) is 72.9 Å². The number of nitriles is 1. The Balaban J connectivity index is 1.36. The molecule has 2 fully saturated rings. The summed E-state index contributed by atoms with van der Waals surface area (Å²) in [7, 11) is 0. The topological polar surface area (TPSA) is 126 Å². The Morgan fingerprint density at radius 3 is 3.08 bits per heavy atom. The average Bonchev–Trinajstić information content (AvgIpc) is 3.41. The van der Waals surface area contributed by atoms with E-state index in [1.54, 1.807) is 6.07 Å². The molecule has 1 aromatic heterocycles. The number of carbonyl (C=O) groups is 1. The number of nitrogen functional groups attached to an aromatic ring is 1. The molecule has 2 saturated heterocycles. The van der Waals surface area contributed by atoms with Crippen molar-refractivity contribution in [2.45, 2.75) is 75.3 Å². The molecule has 1 amide bonds. The number of nitrogens with zero attached hydrogens (tertiary/aromatic N) is 4. The fourth-order valence-electron chi connectivity index (χ4n) is 6.93. The molecule has 0 radical (unpaired) electrons. The number of halogens is 1. The Hall–Kier alpha value is -3.29. The van der Waals surface area contributed by atoms with Gasteiger partial charge in [-0.1, -0.05) is 13.0 Å². The zero-order valence-corrected chi connectivity index (χ0v) is 20.9. The summed E-state index contributed by atoms with van der Waals surface area (Å²) in [6.45, 7) is 3.93. The van der Waals surface area contributed by atoms with Crippen molar-refractivity contribution in [1.29, 1.82) is 5.26 Å². The molecule has 4 heterocycles. The number of benzene rings is 1. The van der Waals surface area contributed by atoms with E-state index in [2.05, 4.69) is 28.2 Å². The SMILES string of the molecule is CC1CCC2(Cc3nc(OCC45CCCN4CC(F)C5)nc(NC=O)c3CO2)c2c1ccc(N)c2C#N. The van der Waals surface area contributed by atoms with Crippen LogP contribution in [-0.2, 0) is 28.2 Å². The van der Waals surface area contributed by atoms with Gasteiger partial charge in [0.2, 0.25) is 6.41 Å². The predicted octanol–water partition coefficient (Wildman–Crippen LogP) is 3.32. The number of nitrogens with two attached hydrogens (primary N) is 1. The molecule has 4 unspecified atom stereocenters. The molecular weight excluding hydrogens is 475 g/mol. The number of aromatic nitrogens is 2. The number of fused-ring (bicyclic) bond motifs is 4. The summed E-state index contributed by atoms with van der Waals surface area (Å²) in [5, 5.41) is 12.7. The van der Waals surface area contributed by atoms with E-state index in [-0.39, 0.29) is 24.1 Å². The molecule has 2 aromatic rings. The number of nitrogens with one attached hydrogen (secondary N) is 1. The summed E-state index contributed by atoms with van der Waals surface area (Å²) in [5.41, 5.74) is 9.32. The lowest BCUT2D eigenvalue weighted by molar-refractivity contribution is -0.105. The van der Waals surface area contributed by atoms with Crippen LogP contribution in [0.3, 0.4) is 0 Å². The lowest BCUT2D eigenvalue weighted by Gasteiger charge is -2.44. The van der Waals surface area contributed by atoms with Gasteiger partial charge in [-0.15, -0.1) is 0 Å².